The Labute approximate surface area is 131 Å². The van der Waals surface area contributed by atoms with Crippen LogP contribution in [0.4, 0.5) is 0 Å². The molecular formula is C16H24U. The zero-order valence-electron chi connectivity index (χ0n) is 11.4. The summed E-state index contributed by atoms with van der Waals surface area (Å²) in [6.07, 6.45) is 3.15. The van der Waals surface area contributed by atoms with E-state index >= 15 is 0 Å². The fourth-order valence-electron chi connectivity index (χ4n) is 2.71. The molecule has 1 aliphatic carbocycles. The predicted molar refractivity (Wildman–Crippen MR) is 72.3 cm³/mol. The normalized spacial score (nSPS) is 19.7. The molecule has 0 radical (unpaired) electrons. The third kappa shape index (κ3) is 3.18. The van der Waals surface area contributed by atoms with Crippen LogP contribution in [0.2, 0.25) is 0 Å². The average molecular weight is 454 g/mol. The van der Waals surface area contributed by atoms with Gasteiger partial charge in [-0.05, 0) is 23.5 Å². The van der Waals surface area contributed by atoms with E-state index in [1.165, 1.54) is 11.1 Å². The van der Waals surface area contributed by atoms with Gasteiger partial charge in [-0.3, -0.25) is 0 Å². The van der Waals surface area contributed by atoms with Crippen molar-refractivity contribution in [3.63, 3.8) is 0 Å². The Bertz CT molecular complexity index is 326. The summed E-state index contributed by atoms with van der Waals surface area (Å²) in [6.45, 7) is 14.5. The van der Waals surface area contributed by atoms with Crippen LogP contribution in [0, 0.1) is 50.4 Å². The summed E-state index contributed by atoms with van der Waals surface area (Å²) >= 11 is 0. The molecule has 0 bridgehead atoms. The summed E-state index contributed by atoms with van der Waals surface area (Å²) < 4.78 is 0. The van der Waals surface area contributed by atoms with Gasteiger partial charge in [0.05, 0.1) is 0 Å². The number of benzene rings is 1. The van der Waals surface area contributed by atoms with Crippen LogP contribution >= 0.6 is 0 Å². The summed E-state index contributed by atoms with van der Waals surface area (Å²) in [6, 6.07) is 8.78. The number of rotatable bonds is 2. The second-order valence-electron chi connectivity index (χ2n) is 4.46. The number of hydrogen-bond acceptors (Lipinski definition) is 0. The summed E-state index contributed by atoms with van der Waals surface area (Å²) in [5.41, 5.74) is 3.34. The van der Waals surface area contributed by atoms with Gasteiger partial charge in [-0.25, -0.2) is 0 Å². The monoisotopic (exact) mass is 454 g/mol. The molecule has 0 spiro atoms. The maximum Gasteiger partial charge on any atom is 2.00 e. The molecule has 0 saturated heterocycles. The van der Waals surface area contributed by atoms with Crippen molar-refractivity contribution in [3.8, 4) is 0 Å². The van der Waals surface area contributed by atoms with Crippen LogP contribution in [0.5, 0.6) is 0 Å². The smallest absolute Gasteiger partial charge is 0.343 e. The topological polar surface area (TPSA) is 0 Å². The average Bonchev–Trinajstić information content (AvgIpc) is 2.66. The molecule has 0 amide bonds. The molecular weight excluding hydrogens is 430 g/mol. The van der Waals surface area contributed by atoms with E-state index in [0.717, 1.165) is 19.3 Å². The van der Waals surface area contributed by atoms with Gasteiger partial charge in [0.1, 0.15) is 0 Å². The van der Waals surface area contributed by atoms with Crippen LogP contribution < -0.4 is 0 Å². The Morgan fingerprint density at radius 2 is 1.71 bits per heavy atom. The van der Waals surface area contributed by atoms with E-state index in [0.29, 0.717) is 11.3 Å². The summed E-state index contributed by atoms with van der Waals surface area (Å²) in [4.78, 5) is 0. The fourth-order valence-corrected chi connectivity index (χ4v) is 2.71. The third-order valence-electron chi connectivity index (χ3n) is 3.98. The molecule has 0 fully saturated rings. The second-order valence-corrected chi connectivity index (χ2v) is 4.46. The van der Waals surface area contributed by atoms with Crippen LogP contribution in [0.15, 0.2) is 24.3 Å². The molecule has 2 rings (SSSR count). The Balaban J connectivity index is 0.000000811. The van der Waals surface area contributed by atoms with Crippen molar-refractivity contribution in [3.05, 3.63) is 49.2 Å². The second kappa shape index (κ2) is 7.65. The van der Waals surface area contributed by atoms with Crippen LogP contribution in [-0.4, -0.2) is 0 Å². The van der Waals surface area contributed by atoms with Crippen molar-refractivity contribution < 1.29 is 31.1 Å². The van der Waals surface area contributed by atoms with Crippen LogP contribution in [0.3, 0.4) is 0 Å². The van der Waals surface area contributed by atoms with Crippen molar-refractivity contribution in [2.24, 2.45) is 5.41 Å². The molecule has 0 aliphatic heterocycles. The van der Waals surface area contributed by atoms with Crippen molar-refractivity contribution >= 4 is 0 Å². The first-order valence-corrected chi connectivity index (χ1v) is 6.40. The van der Waals surface area contributed by atoms with E-state index in [4.69, 9.17) is 0 Å². The first kappa shape index (κ1) is 17.3. The van der Waals surface area contributed by atoms with Gasteiger partial charge in [-0.15, -0.1) is 0 Å². The molecule has 1 heteroatoms. The molecule has 1 aromatic rings. The molecule has 0 aromatic heterocycles. The minimum Gasteiger partial charge on any atom is -0.343 e. The van der Waals surface area contributed by atoms with Gasteiger partial charge < -0.3 is 13.8 Å². The van der Waals surface area contributed by atoms with Gasteiger partial charge in [0.25, 0.3) is 0 Å². The van der Waals surface area contributed by atoms with Gasteiger partial charge >= 0.3 is 31.1 Å². The maximum atomic E-state index is 4.10. The Morgan fingerprint density at radius 3 is 2.18 bits per heavy atom. The Kier molecular flexibility index (Phi) is 7.77. The summed E-state index contributed by atoms with van der Waals surface area (Å²) in [7, 11) is 0. The molecule has 1 unspecified atom stereocenters. The minimum atomic E-state index is 0. The molecule has 1 aliphatic rings. The van der Waals surface area contributed by atoms with Crippen LogP contribution in [-0.2, 0) is 6.42 Å². The van der Waals surface area contributed by atoms with E-state index in [1.807, 2.05) is 13.8 Å². The zero-order chi connectivity index (χ0) is 12.2. The predicted octanol–water partition coefficient (Wildman–Crippen LogP) is 4.81. The number of fused-ring (bicyclic) bond motifs is 1. The van der Waals surface area contributed by atoms with E-state index < -0.39 is 0 Å². The van der Waals surface area contributed by atoms with Gasteiger partial charge in [0.2, 0.25) is 0 Å². The fraction of sp³-hybridized carbons (Fsp3) is 0.500. The largest absolute Gasteiger partial charge is 2.00 e. The minimum absolute atomic E-state index is 0. The molecule has 92 valence electrons. The standard InChI is InChI=1S/C14H18.C2H6.U/c1-4-14(5-2)10-12-8-6-7-9-13(12)11(14)3;1-2;/h6-9,11H,1-2,4-5,10H2,3H3;1-2H3;/q-2;;+2. The molecule has 0 saturated carbocycles. The van der Waals surface area contributed by atoms with Gasteiger partial charge in [0, 0.05) is 0 Å². The van der Waals surface area contributed by atoms with Crippen molar-refractivity contribution in [1.29, 1.82) is 0 Å². The maximum absolute atomic E-state index is 4.10. The van der Waals surface area contributed by atoms with Crippen molar-refractivity contribution in [2.45, 2.75) is 46.0 Å². The van der Waals surface area contributed by atoms with E-state index in [-0.39, 0.29) is 31.1 Å². The molecule has 0 nitrogen and oxygen atoms in total. The Hall–Kier alpha value is 0.272. The van der Waals surface area contributed by atoms with Gasteiger partial charge in [0.15, 0.2) is 0 Å². The summed E-state index contributed by atoms with van der Waals surface area (Å²) in [5, 5.41) is 0. The first-order chi connectivity index (χ1) is 7.73. The van der Waals surface area contributed by atoms with Crippen molar-refractivity contribution in [2.75, 3.05) is 0 Å². The molecule has 17 heavy (non-hydrogen) atoms. The molecule has 1 atom stereocenters. The quantitative estimate of drug-likeness (QED) is 0.563. The Morgan fingerprint density at radius 1 is 1.18 bits per heavy atom. The number of hydrogen-bond donors (Lipinski definition) is 0. The molecule has 1 aromatic carbocycles. The van der Waals surface area contributed by atoms with E-state index in [1.54, 1.807) is 0 Å². The van der Waals surface area contributed by atoms with Crippen molar-refractivity contribution in [1.82, 2.24) is 0 Å². The van der Waals surface area contributed by atoms with E-state index in [2.05, 4.69) is 45.0 Å². The molecule has 0 heterocycles. The SMILES string of the molecule is CC.[CH2-]CC1(C[CH2-])Cc2ccccc2C1C.[U+2]. The first-order valence-electron chi connectivity index (χ1n) is 6.40. The van der Waals surface area contributed by atoms with Crippen LogP contribution in [0.25, 0.3) is 0 Å². The van der Waals surface area contributed by atoms with Crippen LogP contribution in [0.1, 0.15) is 50.7 Å². The van der Waals surface area contributed by atoms with Gasteiger partial charge in [-0.1, -0.05) is 50.5 Å². The zero-order valence-corrected chi connectivity index (χ0v) is 15.6. The third-order valence-corrected chi connectivity index (χ3v) is 3.98. The van der Waals surface area contributed by atoms with Gasteiger partial charge in [-0.2, -0.15) is 12.8 Å². The summed E-state index contributed by atoms with van der Waals surface area (Å²) in [5.74, 6) is 0.619. The molecule has 0 N–H and O–H groups in total. The van der Waals surface area contributed by atoms with E-state index in [9.17, 15) is 0 Å².